The van der Waals surface area contributed by atoms with Crippen molar-refractivity contribution >= 4 is 0 Å². The van der Waals surface area contributed by atoms with Gasteiger partial charge in [-0.15, -0.1) is 0 Å². The third-order valence-electron chi connectivity index (χ3n) is 13.6. The Morgan fingerprint density at radius 3 is 0.635 bits per heavy atom. The van der Waals surface area contributed by atoms with Crippen LogP contribution in [0.3, 0.4) is 0 Å². The van der Waals surface area contributed by atoms with Gasteiger partial charge in [-0.1, -0.05) is 315 Å². The van der Waals surface area contributed by atoms with E-state index in [2.05, 4.69) is 135 Å². The second kappa shape index (κ2) is 37.9. The summed E-state index contributed by atoms with van der Waals surface area (Å²) in [6.07, 6.45) is 43.0. The SMILES string of the molecule is CCCCCCCCCCCCCCCCCC(OC(CCCCCCCCCCCCCCCCC)(c1ccccc1)c1ccccc1)(c1ccccc1)c1ccccc1.[H-].[H-].[Na+].[Na+]. The summed E-state index contributed by atoms with van der Waals surface area (Å²) in [6, 6.07) is 44.9. The van der Waals surface area contributed by atoms with Gasteiger partial charge < -0.3 is 7.59 Å². The van der Waals surface area contributed by atoms with Gasteiger partial charge in [0.15, 0.2) is 0 Å². The fourth-order valence-electron chi connectivity index (χ4n) is 9.87. The van der Waals surface area contributed by atoms with E-state index in [0.717, 1.165) is 25.7 Å². The van der Waals surface area contributed by atoms with Crippen LogP contribution in [0.2, 0.25) is 0 Å². The van der Waals surface area contributed by atoms with Gasteiger partial charge in [0.05, 0.1) is 0 Å². The first kappa shape index (κ1) is 58.0. The predicted molar refractivity (Wildman–Crippen MR) is 270 cm³/mol. The quantitative estimate of drug-likeness (QED) is 0.0322. The topological polar surface area (TPSA) is 9.23 Å². The first-order valence-electron chi connectivity index (χ1n) is 26.2. The molecular weight excluding hydrogens is 783 g/mol. The number of rotatable bonds is 38. The number of unbranched alkanes of at least 4 members (excludes halogenated alkanes) is 28. The fourth-order valence-corrected chi connectivity index (χ4v) is 9.87. The largest absolute Gasteiger partial charge is 1.00 e. The average Bonchev–Trinajstić information content (AvgIpc) is 3.31. The van der Waals surface area contributed by atoms with Crippen LogP contribution < -0.4 is 59.1 Å². The Hall–Kier alpha value is -1.16. The summed E-state index contributed by atoms with van der Waals surface area (Å²) in [5.41, 5.74) is 3.86. The van der Waals surface area contributed by atoms with E-state index < -0.39 is 11.2 Å². The van der Waals surface area contributed by atoms with Gasteiger partial charge in [-0.2, -0.15) is 0 Å². The zero-order chi connectivity index (χ0) is 42.8. The maximum Gasteiger partial charge on any atom is 1.00 e. The molecule has 4 aromatic carbocycles. The van der Waals surface area contributed by atoms with Crippen LogP contribution in [0.5, 0.6) is 0 Å². The molecule has 0 bridgehead atoms. The zero-order valence-corrected chi connectivity index (χ0v) is 45.6. The summed E-state index contributed by atoms with van der Waals surface area (Å²) < 4.78 is 8.21. The molecule has 0 saturated heterocycles. The third-order valence-corrected chi connectivity index (χ3v) is 13.6. The molecular formula is C60H92Na2O. The van der Waals surface area contributed by atoms with Gasteiger partial charge >= 0.3 is 59.1 Å². The fraction of sp³-hybridized carbons (Fsp3) is 0.600. The van der Waals surface area contributed by atoms with Crippen molar-refractivity contribution in [3.8, 4) is 0 Å². The number of ether oxygens (including phenoxy) is 1. The van der Waals surface area contributed by atoms with Crippen LogP contribution in [0.15, 0.2) is 121 Å². The Bertz CT molecular complexity index is 1370. The number of hydrogen-bond donors (Lipinski definition) is 0. The van der Waals surface area contributed by atoms with E-state index >= 15 is 0 Å². The van der Waals surface area contributed by atoms with Crippen LogP contribution in [0.25, 0.3) is 0 Å². The second-order valence-electron chi connectivity index (χ2n) is 18.6. The van der Waals surface area contributed by atoms with Crippen molar-refractivity contribution in [2.75, 3.05) is 0 Å². The van der Waals surface area contributed by atoms with Crippen LogP contribution in [0.4, 0.5) is 0 Å². The first-order chi connectivity index (χ1) is 30.2. The molecule has 1 nitrogen and oxygen atoms in total. The normalized spacial score (nSPS) is 11.6. The van der Waals surface area contributed by atoms with Crippen LogP contribution >= 0.6 is 0 Å². The van der Waals surface area contributed by atoms with Crippen LogP contribution in [0, 0.1) is 0 Å². The molecule has 0 radical (unpaired) electrons. The molecule has 0 aliphatic rings. The molecule has 0 aliphatic heterocycles. The Balaban J connectivity index is 0.0000102. The maximum absolute atomic E-state index is 8.21. The van der Waals surface area contributed by atoms with Gasteiger partial charge in [0, 0.05) is 0 Å². The standard InChI is InChI=1S/C60H90O.2Na.2H/c1-3-5-7-9-11-13-15-17-19-21-23-25-27-29-43-53-59(55-45-35-31-36-46-55,56-47-37-32-38-48-56)61-60(57-49-39-33-40-50-57,58-51-41-34-42-52-58)54-44-30-28-26-24-22-20-18-16-14-12-10-8-6-4-2;;;;/h31-42,45-52H,3-30,43-44,53-54H2,1-2H3;;;;/q;2*+1;2*-1. The molecule has 63 heavy (non-hydrogen) atoms. The van der Waals surface area contributed by atoms with Crippen molar-refractivity contribution in [2.24, 2.45) is 0 Å². The van der Waals surface area contributed by atoms with Gasteiger partial charge in [0.25, 0.3) is 0 Å². The van der Waals surface area contributed by atoms with E-state index in [1.807, 2.05) is 0 Å². The molecule has 4 rings (SSSR count). The van der Waals surface area contributed by atoms with Gasteiger partial charge in [-0.3, -0.25) is 0 Å². The van der Waals surface area contributed by atoms with Crippen molar-refractivity contribution in [2.45, 2.75) is 231 Å². The minimum absolute atomic E-state index is 0. The third kappa shape index (κ3) is 22.5. The summed E-state index contributed by atoms with van der Waals surface area (Å²) >= 11 is 0. The Morgan fingerprint density at radius 1 is 0.270 bits per heavy atom. The van der Waals surface area contributed by atoms with Crippen molar-refractivity contribution < 1.29 is 66.7 Å². The summed E-state index contributed by atoms with van der Waals surface area (Å²) in [5.74, 6) is 0. The molecule has 340 valence electrons. The molecule has 0 fully saturated rings. The molecule has 0 unspecified atom stereocenters. The molecule has 0 N–H and O–H groups in total. The number of hydrogen-bond acceptors (Lipinski definition) is 1. The van der Waals surface area contributed by atoms with Crippen LogP contribution in [0.1, 0.15) is 244 Å². The van der Waals surface area contributed by atoms with Gasteiger partial charge in [-0.25, -0.2) is 0 Å². The maximum atomic E-state index is 8.21. The molecule has 0 aliphatic carbocycles. The molecule has 3 heteroatoms. The van der Waals surface area contributed by atoms with E-state index in [9.17, 15) is 0 Å². The molecule has 4 aromatic rings. The van der Waals surface area contributed by atoms with Crippen molar-refractivity contribution in [1.82, 2.24) is 0 Å². The zero-order valence-electron chi connectivity index (χ0n) is 43.6. The smallest absolute Gasteiger partial charge is 1.00 e. The average molecular weight is 875 g/mol. The second-order valence-corrected chi connectivity index (χ2v) is 18.6. The van der Waals surface area contributed by atoms with Crippen LogP contribution in [-0.4, -0.2) is 0 Å². The van der Waals surface area contributed by atoms with Gasteiger partial charge in [0.1, 0.15) is 11.2 Å². The van der Waals surface area contributed by atoms with Crippen molar-refractivity contribution in [3.63, 3.8) is 0 Å². The van der Waals surface area contributed by atoms with E-state index in [-0.39, 0.29) is 62.0 Å². The predicted octanol–water partition coefficient (Wildman–Crippen LogP) is 13.6. The monoisotopic (exact) mass is 875 g/mol. The molecule has 0 heterocycles. The minimum atomic E-state index is -0.597. The molecule has 0 saturated carbocycles. The van der Waals surface area contributed by atoms with Crippen molar-refractivity contribution in [3.05, 3.63) is 144 Å². The van der Waals surface area contributed by atoms with Crippen molar-refractivity contribution in [1.29, 1.82) is 0 Å². The number of benzene rings is 4. The van der Waals surface area contributed by atoms with E-state index in [0.29, 0.717) is 0 Å². The summed E-state index contributed by atoms with van der Waals surface area (Å²) in [5, 5.41) is 0. The Morgan fingerprint density at radius 2 is 0.444 bits per heavy atom. The van der Waals surface area contributed by atoms with E-state index in [1.165, 1.54) is 202 Å². The summed E-state index contributed by atoms with van der Waals surface area (Å²) in [7, 11) is 0. The summed E-state index contributed by atoms with van der Waals surface area (Å²) in [6.45, 7) is 4.62. The van der Waals surface area contributed by atoms with E-state index in [1.54, 1.807) is 0 Å². The Kier molecular flexibility index (Phi) is 34.9. The van der Waals surface area contributed by atoms with Crippen LogP contribution in [-0.2, 0) is 15.9 Å². The van der Waals surface area contributed by atoms with E-state index in [4.69, 9.17) is 4.74 Å². The Labute approximate surface area is 437 Å². The molecule has 0 spiro atoms. The minimum Gasteiger partial charge on any atom is -1.00 e. The van der Waals surface area contributed by atoms with Gasteiger partial charge in [-0.05, 0) is 47.9 Å². The summed E-state index contributed by atoms with van der Waals surface area (Å²) in [4.78, 5) is 0. The molecule has 0 amide bonds. The molecule has 0 atom stereocenters. The molecule has 0 aromatic heterocycles. The van der Waals surface area contributed by atoms with Gasteiger partial charge in [0.2, 0.25) is 0 Å². The first-order valence-corrected chi connectivity index (χ1v) is 26.2.